The zero-order valence-electron chi connectivity index (χ0n) is 13.4. The van der Waals surface area contributed by atoms with E-state index in [2.05, 4.69) is 10.8 Å². The molecule has 0 spiro atoms. The summed E-state index contributed by atoms with van der Waals surface area (Å²) >= 11 is 7.55. The zero-order chi connectivity index (χ0) is 17.3. The van der Waals surface area contributed by atoms with Gasteiger partial charge in [0.2, 0.25) is 0 Å². The van der Waals surface area contributed by atoms with Crippen molar-refractivity contribution in [2.24, 2.45) is 0 Å². The molecular weight excluding hydrogens is 344 g/mol. The summed E-state index contributed by atoms with van der Waals surface area (Å²) < 4.78 is 4.68. The Bertz CT molecular complexity index is 899. The average molecular weight is 361 g/mol. The van der Waals surface area contributed by atoms with Gasteiger partial charge in [-0.05, 0) is 58.5 Å². The van der Waals surface area contributed by atoms with E-state index in [9.17, 15) is 9.90 Å². The third kappa shape index (κ3) is 3.31. The van der Waals surface area contributed by atoms with Gasteiger partial charge in [-0.15, -0.1) is 11.3 Å². The van der Waals surface area contributed by atoms with Gasteiger partial charge >= 0.3 is 5.97 Å². The topological polar surface area (TPSA) is 46.5 Å². The van der Waals surface area contributed by atoms with Crippen molar-refractivity contribution in [3.05, 3.63) is 57.7 Å². The van der Waals surface area contributed by atoms with Crippen molar-refractivity contribution in [3.63, 3.8) is 0 Å². The summed E-state index contributed by atoms with van der Waals surface area (Å²) in [5.41, 5.74) is 0.515. The number of methoxy groups -OCH3 is 1. The number of hydrogen-bond donors (Lipinski definition) is 1. The maximum absolute atomic E-state index is 11.7. The quantitative estimate of drug-likeness (QED) is 0.686. The van der Waals surface area contributed by atoms with E-state index in [0.717, 1.165) is 26.8 Å². The van der Waals surface area contributed by atoms with Crippen LogP contribution in [0.2, 0.25) is 5.02 Å². The number of fused-ring (bicyclic) bond motifs is 1. The normalized spacial score (nSPS) is 13.7. The van der Waals surface area contributed by atoms with E-state index < -0.39 is 11.6 Å². The van der Waals surface area contributed by atoms with E-state index in [0.29, 0.717) is 5.02 Å². The van der Waals surface area contributed by atoms with Crippen molar-refractivity contribution in [1.82, 2.24) is 0 Å². The summed E-state index contributed by atoms with van der Waals surface area (Å²) in [4.78, 5) is 12.7. The number of carbonyl (C=O) groups is 1. The fourth-order valence-electron chi connectivity index (χ4n) is 2.72. The maximum Gasteiger partial charge on any atom is 0.337 e. The van der Waals surface area contributed by atoms with Gasteiger partial charge in [0.25, 0.3) is 0 Å². The van der Waals surface area contributed by atoms with Crippen molar-refractivity contribution in [2.45, 2.75) is 18.9 Å². The van der Waals surface area contributed by atoms with E-state index in [-0.39, 0.29) is 6.42 Å². The molecule has 0 saturated carbocycles. The third-order valence-corrected chi connectivity index (χ3v) is 5.14. The molecule has 1 heterocycles. The van der Waals surface area contributed by atoms with Crippen molar-refractivity contribution in [3.8, 4) is 11.1 Å². The van der Waals surface area contributed by atoms with Crippen LogP contribution in [-0.2, 0) is 16.0 Å². The van der Waals surface area contributed by atoms with Crippen molar-refractivity contribution in [2.75, 3.05) is 7.11 Å². The minimum absolute atomic E-state index is 0.214. The van der Waals surface area contributed by atoms with E-state index >= 15 is 0 Å². The molecule has 1 aromatic heterocycles. The molecule has 0 saturated heterocycles. The average Bonchev–Trinajstić information content (AvgIpc) is 3.00. The van der Waals surface area contributed by atoms with Crippen molar-refractivity contribution >= 4 is 39.7 Å². The minimum atomic E-state index is -1.54. The molecule has 0 amide bonds. The molecule has 124 valence electrons. The second-order valence-electron chi connectivity index (χ2n) is 5.91. The summed E-state index contributed by atoms with van der Waals surface area (Å²) in [6.45, 7) is 1.48. The molecule has 0 aliphatic carbocycles. The Morgan fingerprint density at radius 2 is 1.92 bits per heavy atom. The molecule has 1 unspecified atom stereocenters. The molecule has 24 heavy (non-hydrogen) atoms. The standard InChI is InChI=1S/C19H17ClO3S/c1-19(22,18(21)23-2)11-17-16(7-8-24-17)14-4-3-13-10-15(20)6-5-12(13)9-14/h3-10,22H,11H2,1-2H3. The van der Waals surface area contributed by atoms with Crippen LogP contribution < -0.4 is 0 Å². The van der Waals surface area contributed by atoms with E-state index in [1.54, 1.807) is 0 Å². The van der Waals surface area contributed by atoms with Gasteiger partial charge in [-0.2, -0.15) is 0 Å². The molecule has 3 nitrogen and oxygen atoms in total. The van der Waals surface area contributed by atoms with Gasteiger partial charge in [0.15, 0.2) is 5.60 Å². The van der Waals surface area contributed by atoms with E-state index in [1.807, 2.05) is 41.8 Å². The number of thiophene rings is 1. The van der Waals surface area contributed by atoms with Crippen LogP contribution in [0.1, 0.15) is 11.8 Å². The molecule has 1 atom stereocenters. The number of rotatable bonds is 4. The highest BCUT2D eigenvalue weighted by Gasteiger charge is 2.33. The number of aliphatic hydroxyl groups is 1. The first kappa shape index (κ1) is 17.0. The Kier molecular flexibility index (Phi) is 4.63. The molecule has 1 N–H and O–H groups in total. The molecule has 3 rings (SSSR count). The van der Waals surface area contributed by atoms with Crippen molar-refractivity contribution < 1.29 is 14.6 Å². The highest BCUT2D eigenvalue weighted by Crippen LogP contribution is 2.33. The SMILES string of the molecule is COC(=O)C(C)(O)Cc1sccc1-c1ccc2cc(Cl)ccc2c1. The molecular formula is C19H17ClO3S. The highest BCUT2D eigenvalue weighted by molar-refractivity contribution is 7.10. The summed E-state index contributed by atoms with van der Waals surface area (Å²) in [6.07, 6.45) is 0.214. The Balaban J connectivity index is 1.98. The van der Waals surface area contributed by atoms with Gasteiger partial charge in [0.05, 0.1) is 7.11 Å². The molecule has 0 aliphatic heterocycles. The maximum atomic E-state index is 11.7. The number of esters is 1. The minimum Gasteiger partial charge on any atom is -0.467 e. The molecule has 3 aromatic rings. The summed E-state index contributed by atoms with van der Waals surface area (Å²) in [6, 6.07) is 13.9. The molecule has 0 radical (unpaired) electrons. The summed E-state index contributed by atoms with van der Waals surface area (Å²) in [5.74, 6) is -0.630. The zero-order valence-corrected chi connectivity index (χ0v) is 14.9. The summed E-state index contributed by atoms with van der Waals surface area (Å²) in [7, 11) is 1.28. The first-order valence-corrected chi connectivity index (χ1v) is 8.73. The third-order valence-electron chi connectivity index (χ3n) is 3.99. The van der Waals surface area contributed by atoms with Gasteiger partial charge in [-0.25, -0.2) is 4.79 Å². The van der Waals surface area contributed by atoms with Crippen LogP contribution in [0.25, 0.3) is 21.9 Å². The largest absolute Gasteiger partial charge is 0.467 e. The molecule has 0 aliphatic rings. The van der Waals surface area contributed by atoms with Gasteiger partial charge in [-0.3, -0.25) is 0 Å². The fraction of sp³-hybridized carbons (Fsp3) is 0.211. The molecule has 5 heteroatoms. The van der Waals surface area contributed by atoms with Crippen LogP contribution in [0, 0.1) is 0 Å². The monoisotopic (exact) mass is 360 g/mol. The van der Waals surface area contributed by atoms with Crippen LogP contribution in [0.3, 0.4) is 0 Å². The fourth-order valence-corrected chi connectivity index (χ4v) is 3.95. The lowest BCUT2D eigenvalue weighted by Crippen LogP contribution is -2.38. The predicted octanol–water partition coefficient (Wildman–Crippen LogP) is 4.69. The van der Waals surface area contributed by atoms with Crippen LogP contribution >= 0.6 is 22.9 Å². The predicted molar refractivity (Wildman–Crippen MR) is 98.6 cm³/mol. The number of hydrogen-bond acceptors (Lipinski definition) is 4. The van der Waals surface area contributed by atoms with Gasteiger partial charge in [0.1, 0.15) is 0 Å². The molecule has 2 aromatic carbocycles. The van der Waals surface area contributed by atoms with E-state index in [4.69, 9.17) is 11.6 Å². The van der Waals surface area contributed by atoms with E-state index in [1.165, 1.54) is 25.4 Å². The number of benzene rings is 2. The number of ether oxygens (including phenoxy) is 1. The first-order chi connectivity index (χ1) is 11.4. The number of carbonyl (C=O) groups excluding carboxylic acids is 1. The Labute approximate surface area is 149 Å². The van der Waals surface area contributed by atoms with Gasteiger partial charge < -0.3 is 9.84 Å². The second kappa shape index (κ2) is 6.55. The Morgan fingerprint density at radius 3 is 2.67 bits per heavy atom. The lowest BCUT2D eigenvalue weighted by molar-refractivity contribution is -0.160. The van der Waals surface area contributed by atoms with Crippen molar-refractivity contribution in [1.29, 1.82) is 0 Å². The number of halogens is 1. The van der Waals surface area contributed by atoms with Gasteiger partial charge in [0, 0.05) is 16.3 Å². The first-order valence-electron chi connectivity index (χ1n) is 7.47. The van der Waals surface area contributed by atoms with Gasteiger partial charge in [-0.1, -0.05) is 29.8 Å². The van der Waals surface area contributed by atoms with Crippen LogP contribution in [0.15, 0.2) is 47.8 Å². The highest BCUT2D eigenvalue weighted by atomic mass is 35.5. The van der Waals surface area contributed by atoms with Crippen LogP contribution in [0.5, 0.6) is 0 Å². The van der Waals surface area contributed by atoms with Crippen LogP contribution in [0.4, 0.5) is 0 Å². The second-order valence-corrected chi connectivity index (χ2v) is 7.34. The lowest BCUT2D eigenvalue weighted by Gasteiger charge is -2.20. The smallest absolute Gasteiger partial charge is 0.337 e. The Morgan fingerprint density at radius 1 is 1.21 bits per heavy atom. The van der Waals surface area contributed by atoms with Crippen LogP contribution in [-0.4, -0.2) is 23.8 Å². The summed E-state index contributed by atoms with van der Waals surface area (Å²) in [5, 5.41) is 15.2. The molecule has 0 bridgehead atoms. The Hall–Kier alpha value is -1.88. The molecule has 0 fully saturated rings. The lowest BCUT2D eigenvalue weighted by atomic mass is 9.96.